The Labute approximate surface area is 194 Å². The van der Waals surface area contributed by atoms with Gasteiger partial charge in [-0.15, -0.1) is 0 Å². The van der Waals surface area contributed by atoms with Gasteiger partial charge in [-0.05, 0) is 55.0 Å². The Morgan fingerprint density at radius 2 is 2.09 bits per heavy atom. The van der Waals surface area contributed by atoms with Crippen LogP contribution in [0.25, 0.3) is 16.6 Å². The first-order valence-corrected chi connectivity index (χ1v) is 10.6. The lowest BCUT2D eigenvalue weighted by Gasteiger charge is -2.23. The van der Waals surface area contributed by atoms with Gasteiger partial charge in [0.2, 0.25) is 0 Å². The third kappa shape index (κ3) is 4.87. The third-order valence-corrected chi connectivity index (χ3v) is 5.72. The number of rotatable bonds is 7. The zero-order valence-corrected chi connectivity index (χ0v) is 18.4. The monoisotopic (exact) mass is 465 g/mol. The van der Waals surface area contributed by atoms with Gasteiger partial charge >= 0.3 is 0 Å². The molecule has 0 saturated carbocycles. The minimum Gasteiger partial charge on any atom is -0.391 e. The molecule has 1 amide bonds. The molecule has 1 aliphatic heterocycles. The highest BCUT2D eigenvalue weighted by Crippen LogP contribution is 2.23. The summed E-state index contributed by atoms with van der Waals surface area (Å²) in [7, 11) is 1.56. The number of aliphatic hydroxyl groups is 1. The molecule has 2 atom stereocenters. The molecule has 4 rings (SSSR count). The summed E-state index contributed by atoms with van der Waals surface area (Å²) in [6.45, 7) is 0.612. The van der Waals surface area contributed by atoms with Crippen LogP contribution < -0.4 is 10.9 Å². The minimum atomic E-state index is -0.572. The number of aromatic amines is 1. The molecule has 2 aromatic carbocycles. The van der Waals surface area contributed by atoms with Crippen molar-refractivity contribution in [3.05, 3.63) is 82.0 Å². The molecule has 4 N–H and O–H groups in total. The molecule has 1 fully saturated rings. The van der Waals surface area contributed by atoms with Gasteiger partial charge in [0.05, 0.1) is 24.3 Å². The van der Waals surface area contributed by atoms with E-state index in [0.717, 1.165) is 0 Å². The number of amides is 1. The van der Waals surface area contributed by atoms with Crippen LogP contribution in [-0.4, -0.2) is 53.3 Å². The Hall–Kier alpha value is -3.89. The Kier molecular flexibility index (Phi) is 6.80. The van der Waals surface area contributed by atoms with E-state index in [4.69, 9.17) is 10.3 Å². The van der Waals surface area contributed by atoms with Gasteiger partial charge in [-0.2, -0.15) is 5.11 Å². The number of pyridine rings is 1. The van der Waals surface area contributed by atoms with Crippen molar-refractivity contribution < 1.29 is 19.0 Å². The topological polar surface area (TPSA) is 131 Å². The highest BCUT2D eigenvalue weighted by atomic mass is 19.1. The van der Waals surface area contributed by atoms with Gasteiger partial charge in [0, 0.05) is 42.0 Å². The lowest BCUT2D eigenvalue weighted by atomic mass is 10.1. The van der Waals surface area contributed by atoms with Gasteiger partial charge in [-0.25, -0.2) is 9.92 Å². The van der Waals surface area contributed by atoms with Gasteiger partial charge in [0.25, 0.3) is 11.5 Å². The van der Waals surface area contributed by atoms with Crippen LogP contribution in [0.5, 0.6) is 0 Å². The molecule has 1 saturated heterocycles. The van der Waals surface area contributed by atoms with Crippen molar-refractivity contribution in [3.8, 4) is 0 Å². The molecule has 0 aliphatic carbocycles. The quantitative estimate of drug-likeness (QED) is 0.398. The van der Waals surface area contributed by atoms with E-state index in [1.165, 1.54) is 30.5 Å². The van der Waals surface area contributed by atoms with Crippen LogP contribution in [0.4, 0.5) is 10.1 Å². The fourth-order valence-electron chi connectivity index (χ4n) is 4.06. The standard InChI is InChI=1S/C24H24FN5O4/c1-34-13-18-10-19(31)12-30(18)24(33)14-2-5-17(6-3-14)27-11-22(29-26)20-9-15-8-16(25)4-7-21(15)28-23(20)32/h2-9,11,18-19,26-27,31H,10,12-13H2,1H3,(H,28,32)/b22-11-,29-26?/t18-,19+/m0/s1. The van der Waals surface area contributed by atoms with E-state index in [-0.39, 0.29) is 29.8 Å². The second-order valence-electron chi connectivity index (χ2n) is 8.06. The summed E-state index contributed by atoms with van der Waals surface area (Å²) < 4.78 is 18.7. The van der Waals surface area contributed by atoms with Crippen molar-refractivity contribution in [3.63, 3.8) is 0 Å². The Morgan fingerprint density at radius 3 is 2.79 bits per heavy atom. The van der Waals surface area contributed by atoms with E-state index in [2.05, 4.69) is 15.4 Å². The molecule has 2 heterocycles. The average molecular weight is 465 g/mol. The number of likely N-dealkylation sites (tertiary alicyclic amines) is 1. The number of ether oxygens (including phenoxy) is 1. The highest BCUT2D eigenvalue weighted by Gasteiger charge is 2.34. The molecule has 1 aliphatic rings. The number of carbonyl (C=O) groups excluding carboxylic acids is 1. The summed E-state index contributed by atoms with van der Waals surface area (Å²) in [6, 6.07) is 12.0. The number of aliphatic hydroxyl groups excluding tert-OH is 1. The Bertz CT molecular complexity index is 1300. The number of anilines is 1. The summed E-state index contributed by atoms with van der Waals surface area (Å²) in [4.78, 5) is 29.6. The fraction of sp³-hybridized carbons (Fsp3) is 0.250. The van der Waals surface area contributed by atoms with E-state index in [1.807, 2.05) is 0 Å². The average Bonchev–Trinajstić information content (AvgIpc) is 3.20. The summed E-state index contributed by atoms with van der Waals surface area (Å²) >= 11 is 0. The number of halogens is 1. The maximum Gasteiger partial charge on any atom is 0.258 e. The highest BCUT2D eigenvalue weighted by molar-refractivity contribution is 5.95. The number of carbonyl (C=O) groups is 1. The lowest BCUT2D eigenvalue weighted by Crippen LogP contribution is -2.38. The number of benzene rings is 2. The molecule has 9 nitrogen and oxygen atoms in total. The van der Waals surface area contributed by atoms with E-state index >= 15 is 0 Å². The lowest BCUT2D eigenvalue weighted by molar-refractivity contribution is 0.0622. The number of aromatic nitrogens is 1. The van der Waals surface area contributed by atoms with E-state index < -0.39 is 17.5 Å². The van der Waals surface area contributed by atoms with Gasteiger partial charge in [0.1, 0.15) is 11.5 Å². The van der Waals surface area contributed by atoms with Crippen LogP contribution >= 0.6 is 0 Å². The molecule has 1 aromatic heterocycles. The molecular weight excluding hydrogens is 441 g/mol. The second-order valence-corrected chi connectivity index (χ2v) is 8.06. The van der Waals surface area contributed by atoms with Crippen molar-refractivity contribution in [2.45, 2.75) is 18.6 Å². The number of hydrogen-bond donors (Lipinski definition) is 4. The molecule has 34 heavy (non-hydrogen) atoms. The van der Waals surface area contributed by atoms with E-state index in [1.54, 1.807) is 36.3 Å². The first-order valence-electron chi connectivity index (χ1n) is 10.6. The predicted octanol–water partition coefficient (Wildman–Crippen LogP) is 3.33. The van der Waals surface area contributed by atoms with Crippen LogP contribution in [0.3, 0.4) is 0 Å². The number of fused-ring (bicyclic) bond motifs is 1. The van der Waals surface area contributed by atoms with E-state index in [9.17, 15) is 19.1 Å². The van der Waals surface area contributed by atoms with Gasteiger partial charge in [-0.1, -0.05) is 0 Å². The number of nitrogens with one attached hydrogen (secondary N) is 3. The van der Waals surface area contributed by atoms with Crippen LogP contribution in [-0.2, 0) is 4.74 Å². The summed E-state index contributed by atoms with van der Waals surface area (Å²) in [5.74, 6) is -0.638. The largest absolute Gasteiger partial charge is 0.391 e. The maximum atomic E-state index is 13.6. The van der Waals surface area contributed by atoms with Crippen LogP contribution in [0.2, 0.25) is 0 Å². The van der Waals surface area contributed by atoms with Gasteiger partial charge in [0.15, 0.2) is 0 Å². The molecule has 0 spiro atoms. The van der Waals surface area contributed by atoms with Crippen molar-refractivity contribution in [2.75, 3.05) is 25.6 Å². The van der Waals surface area contributed by atoms with Crippen molar-refractivity contribution in [1.29, 1.82) is 5.53 Å². The molecule has 3 aromatic rings. The Balaban J connectivity index is 1.52. The maximum absolute atomic E-state index is 13.6. The summed E-state index contributed by atoms with van der Waals surface area (Å²) in [6.07, 6.45) is 1.30. The number of β-amino-alcohol motifs (C(OH)–C–C–N with tert-alkyl or cyclic N) is 1. The zero-order chi connectivity index (χ0) is 24.2. The number of hydrogen-bond acceptors (Lipinski definition) is 7. The molecule has 0 bridgehead atoms. The third-order valence-electron chi connectivity index (χ3n) is 5.72. The van der Waals surface area contributed by atoms with Crippen molar-refractivity contribution in [2.24, 2.45) is 5.11 Å². The van der Waals surface area contributed by atoms with Gasteiger partial charge in [-0.3, -0.25) is 9.59 Å². The second kappa shape index (κ2) is 9.94. The van der Waals surface area contributed by atoms with Crippen molar-refractivity contribution in [1.82, 2.24) is 9.88 Å². The molecule has 0 unspecified atom stereocenters. The molecular formula is C24H24FN5O4. The van der Waals surface area contributed by atoms with Crippen LogP contribution in [0, 0.1) is 11.3 Å². The fourth-order valence-corrected chi connectivity index (χ4v) is 4.06. The zero-order valence-electron chi connectivity index (χ0n) is 18.4. The summed E-state index contributed by atoms with van der Waals surface area (Å²) in [5, 5.41) is 16.8. The molecule has 10 heteroatoms. The predicted molar refractivity (Wildman–Crippen MR) is 125 cm³/mol. The summed E-state index contributed by atoms with van der Waals surface area (Å²) in [5.41, 5.74) is 8.74. The van der Waals surface area contributed by atoms with Gasteiger partial charge < -0.3 is 25.0 Å². The first kappa shape index (κ1) is 23.3. The number of nitrogens with zero attached hydrogens (tertiary/aromatic N) is 2. The van der Waals surface area contributed by atoms with E-state index in [0.29, 0.717) is 35.2 Å². The first-order chi connectivity index (χ1) is 16.4. The minimum absolute atomic E-state index is 0.0565. The number of H-pyrrole nitrogens is 1. The molecule has 0 radical (unpaired) electrons. The molecule has 176 valence electrons. The van der Waals surface area contributed by atoms with Crippen LogP contribution in [0.1, 0.15) is 22.3 Å². The Morgan fingerprint density at radius 1 is 1.32 bits per heavy atom. The smallest absolute Gasteiger partial charge is 0.258 e. The normalized spacial score (nSPS) is 18.3. The van der Waals surface area contributed by atoms with Crippen molar-refractivity contribution >= 4 is 28.2 Å². The SMILES string of the molecule is COC[C@@H]1C[C@@H](O)CN1C(=O)c1ccc(N/C=C(\N=N)c2cc3cc(F)ccc3[nH]c2=O)cc1. The van der Waals surface area contributed by atoms with Crippen LogP contribution in [0.15, 0.2) is 64.6 Å². The number of methoxy groups -OCH3 is 1.